The smallest absolute Gasteiger partial charge is 0.456 e. The lowest BCUT2D eigenvalue weighted by atomic mass is 10.0. The lowest BCUT2D eigenvalue weighted by Crippen LogP contribution is -2.47. The molecular weight excluding hydrogens is 892 g/mol. The van der Waals surface area contributed by atoms with E-state index in [4.69, 9.17) is 13.8 Å². The first-order valence-corrected chi connectivity index (χ1v) is 28.9. The summed E-state index contributed by atoms with van der Waals surface area (Å²) in [7, 11) is 1.43. The molecule has 2 N–H and O–H groups in total. The molecule has 0 rings (SSSR count). The maximum absolute atomic E-state index is 13.5. The molecule has 0 aliphatic heterocycles. The fourth-order valence-electron chi connectivity index (χ4n) is 7.10. The van der Waals surface area contributed by atoms with E-state index in [0.29, 0.717) is 23.9 Å². The first kappa shape index (κ1) is 66.4. The average molecular weight is 994 g/mol. The number of unbranched alkanes of at least 4 members (excludes halogenated alkanes) is 18. The summed E-state index contributed by atoms with van der Waals surface area (Å²) in [5.41, 5.74) is 0. The number of nitrogens with one attached hydrogen (secondary N) is 1. The minimum atomic E-state index is -4.47. The minimum absolute atomic E-state index is 0.0208. The Hall–Kier alpha value is -3.59. The zero-order valence-corrected chi connectivity index (χ0v) is 46.1. The van der Waals surface area contributed by atoms with Crippen molar-refractivity contribution in [3.05, 3.63) is 122 Å². The molecule has 10 heteroatoms. The van der Waals surface area contributed by atoms with E-state index in [1.165, 1.54) is 57.8 Å². The van der Waals surface area contributed by atoms with E-state index >= 15 is 0 Å². The van der Waals surface area contributed by atoms with Crippen LogP contribution in [-0.4, -0.2) is 74.3 Å². The van der Waals surface area contributed by atoms with Gasteiger partial charge in [-0.15, -0.1) is 0 Å². The third-order valence-electron chi connectivity index (χ3n) is 11.3. The van der Waals surface area contributed by atoms with Gasteiger partial charge in [0.05, 0.1) is 33.8 Å². The number of carbonyl (C=O) groups excluding carboxylic acids is 2. The van der Waals surface area contributed by atoms with Crippen LogP contribution in [0, 0.1) is 0 Å². The molecule has 0 aromatic carbocycles. The molecule has 0 saturated heterocycles. The van der Waals surface area contributed by atoms with Crippen LogP contribution in [0.2, 0.25) is 0 Å². The zero-order valence-electron chi connectivity index (χ0n) is 45.2. The molecule has 0 radical (unpaired) electrons. The van der Waals surface area contributed by atoms with Crippen LogP contribution in [0.1, 0.15) is 194 Å². The van der Waals surface area contributed by atoms with Crippen molar-refractivity contribution < 1.29 is 37.3 Å². The molecule has 1 amide bonds. The molecule has 3 unspecified atom stereocenters. The second-order valence-electron chi connectivity index (χ2n) is 19.1. The van der Waals surface area contributed by atoms with Gasteiger partial charge in [0.15, 0.2) is 0 Å². The van der Waals surface area contributed by atoms with Crippen LogP contribution in [0.5, 0.6) is 0 Å². The largest absolute Gasteiger partial charge is 0.472 e. The number of hydrogen-bond donors (Lipinski definition) is 2. The summed E-state index contributed by atoms with van der Waals surface area (Å²) >= 11 is 0. The Kier molecular flexibility index (Phi) is 46.5. The van der Waals surface area contributed by atoms with E-state index in [1.54, 1.807) is 0 Å². The fraction of sp³-hybridized carbons (Fsp3) is 0.633. The highest BCUT2D eigenvalue weighted by atomic mass is 31.2. The highest BCUT2D eigenvalue weighted by molar-refractivity contribution is 7.47. The number of hydrogen-bond acceptors (Lipinski definition) is 6. The van der Waals surface area contributed by atoms with Gasteiger partial charge >= 0.3 is 13.8 Å². The van der Waals surface area contributed by atoms with E-state index in [1.807, 2.05) is 94.1 Å². The second-order valence-corrected chi connectivity index (χ2v) is 20.6. The predicted octanol–water partition coefficient (Wildman–Crippen LogP) is 16.4. The summed E-state index contributed by atoms with van der Waals surface area (Å²) in [6, 6.07) is -0.886. The van der Waals surface area contributed by atoms with Crippen molar-refractivity contribution in [1.82, 2.24) is 5.32 Å². The number of phosphoric ester groups is 1. The third-order valence-corrected chi connectivity index (χ3v) is 12.3. The maximum Gasteiger partial charge on any atom is 0.472 e. The number of nitrogens with zero attached hydrogens (tertiary/aromatic N) is 1. The summed E-state index contributed by atoms with van der Waals surface area (Å²) in [5, 5.41) is 3.01. The Morgan fingerprint density at radius 1 is 0.529 bits per heavy atom. The van der Waals surface area contributed by atoms with Gasteiger partial charge in [-0.05, 0) is 83.1 Å². The van der Waals surface area contributed by atoms with Gasteiger partial charge in [-0.3, -0.25) is 18.6 Å². The van der Waals surface area contributed by atoms with Crippen molar-refractivity contribution in [2.24, 2.45) is 0 Å². The molecule has 0 bridgehead atoms. The molecule has 0 fully saturated rings. The van der Waals surface area contributed by atoms with Crippen LogP contribution < -0.4 is 5.32 Å². The van der Waals surface area contributed by atoms with Crippen LogP contribution in [0.15, 0.2) is 122 Å². The Balaban J connectivity index is 5.56. The first-order chi connectivity index (χ1) is 33.9. The predicted molar refractivity (Wildman–Crippen MR) is 300 cm³/mol. The van der Waals surface area contributed by atoms with E-state index in [-0.39, 0.29) is 37.9 Å². The number of allylic oxidation sites excluding steroid dienone is 19. The summed E-state index contributed by atoms with van der Waals surface area (Å²) in [4.78, 5) is 37.5. The van der Waals surface area contributed by atoms with Gasteiger partial charge in [0.2, 0.25) is 5.91 Å². The zero-order chi connectivity index (χ0) is 51.5. The lowest BCUT2D eigenvalue weighted by molar-refractivity contribution is -0.870. The molecule has 0 aliphatic carbocycles. The van der Waals surface area contributed by atoms with Gasteiger partial charge in [0.1, 0.15) is 19.3 Å². The molecular formula is C60H102N2O7P+. The van der Waals surface area contributed by atoms with E-state index < -0.39 is 20.0 Å². The third kappa shape index (κ3) is 49.4. The second kappa shape index (κ2) is 49.0. The number of quaternary nitrogens is 1. The maximum atomic E-state index is 13.5. The molecule has 9 nitrogen and oxygen atoms in total. The van der Waals surface area contributed by atoms with Gasteiger partial charge in [0.25, 0.3) is 0 Å². The molecule has 398 valence electrons. The normalized spacial score (nSPS) is 14.8. The Morgan fingerprint density at radius 2 is 0.986 bits per heavy atom. The molecule has 0 heterocycles. The Bertz CT molecular complexity index is 1610. The number of amides is 1. The summed E-state index contributed by atoms with van der Waals surface area (Å²) in [5.74, 6) is -0.594. The van der Waals surface area contributed by atoms with E-state index in [0.717, 1.165) is 89.9 Å². The monoisotopic (exact) mass is 994 g/mol. The lowest BCUT2D eigenvalue weighted by Gasteiger charge is -2.27. The molecule has 0 aromatic heterocycles. The molecule has 0 saturated carbocycles. The summed E-state index contributed by atoms with van der Waals surface area (Å²) in [6.45, 7) is 6.67. The number of esters is 1. The van der Waals surface area contributed by atoms with Crippen LogP contribution in [0.3, 0.4) is 0 Å². The highest BCUT2D eigenvalue weighted by Gasteiger charge is 2.30. The molecule has 0 aliphatic rings. The van der Waals surface area contributed by atoms with Crippen molar-refractivity contribution in [2.75, 3.05) is 40.9 Å². The molecule has 0 spiro atoms. The molecule has 3 atom stereocenters. The number of likely N-dealkylation sites (N-methyl/N-ethyl adjacent to an activating group) is 1. The van der Waals surface area contributed by atoms with Crippen molar-refractivity contribution >= 4 is 19.7 Å². The highest BCUT2D eigenvalue weighted by Crippen LogP contribution is 2.43. The van der Waals surface area contributed by atoms with E-state index in [9.17, 15) is 19.0 Å². The van der Waals surface area contributed by atoms with Crippen molar-refractivity contribution in [2.45, 2.75) is 206 Å². The summed E-state index contributed by atoms with van der Waals surface area (Å²) < 4.78 is 30.5. The van der Waals surface area contributed by atoms with Crippen LogP contribution in [0.4, 0.5) is 0 Å². The van der Waals surface area contributed by atoms with Crippen LogP contribution >= 0.6 is 7.82 Å². The van der Waals surface area contributed by atoms with Gasteiger partial charge in [-0.2, -0.15) is 0 Å². The van der Waals surface area contributed by atoms with Gasteiger partial charge in [-0.25, -0.2) is 4.57 Å². The number of ether oxygens (including phenoxy) is 1. The quantitative estimate of drug-likeness (QED) is 0.0156. The molecule has 70 heavy (non-hydrogen) atoms. The van der Waals surface area contributed by atoms with Crippen molar-refractivity contribution in [1.29, 1.82) is 0 Å². The van der Waals surface area contributed by atoms with Crippen molar-refractivity contribution in [3.8, 4) is 0 Å². The number of rotatable bonds is 47. The van der Waals surface area contributed by atoms with Gasteiger partial charge < -0.3 is 19.4 Å². The van der Waals surface area contributed by atoms with E-state index in [2.05, 4.69) is 74.7 Å². The van der Waals surface area contributed by atoms with Crippen molar-refractivity contribution in [3.63, 3.8) is 0 Å². The van der Waals surface area contributed by atoms with Crippen LogP contribution in [0.25, 0.3) is 0 Å². The number of carbonyl (C=O) groups is 2. The molecule has 0 aromatic rings. The van der Waals surface area contributed by atoms with Crippen LogP contribution in [-0.2, 0) is 27.9 Å². The average Bonchev–Trinajstić information content (AvgIpc) is 3.32. The Labute approximate surface area is 429 Å². The Morgan fingerprint density at radius 3 is 1.56 bits per heavy atom. The van der Waals surface area contributed by atoms with Gasteiger partial charge in [-0.1, -0.05) is 220 Å². The minimum Gasteiger partial charge on any atom is -0.456 e. The topological polar surface area (TPSA) is 111 Å². The number of phosphoric acid groups is 1. The first-order valence-electron chi connectivity index (χ1n) is 27.4. The standard InChI is InChI=1S/C60H101N2O7P/c1-7-10-13-16-19-22-25-28-30-31-32-35-38-41-44-47-50-53-60(64)69-58(51-48-45-42-39-36-33-27-24-21-18-15-12-9-3)57(56-68-70(65,66)67-55-54-62(4,5)6)61-59(63)52-49-46-43-40-37-34-29-26-23-20-17-14-11-8-2/h10-11,13-14,16,19-20,22-23,25,28-32,34-35,38,48,51,57-58H,7-9,12,15,17-18,21,24,26-27,33,36-37,39-47,49-50,52-56H2,1-6H3,(H-,61,63,65,66)/p+1/b13-10-,14-11+,19-16+,23-20+,25-22+,30-28-,32-31+,34-29+,38-35+,51-48+. The summed E-state index contributed by atoms with van der Waals surface area (Å²) in [6.07, 6.45) is 67.6. The van der Waals surface area contributed by atoms with Gasteiger partial charge in [0, 0.05) is 12.8 Å². The SMILES string of the molecule is CC\C=C/C=C/C=C/C=C\C=C\C=C\CCCCCC(=O)OC(/C=C/CCCCCCCCCCCCC)C(COP(=O)(O)OCC[N+](C)(C)C)NC(=O)CCCCCC/C=C/C/C=C/C/C=C/CC. The fourth-order valence-corrected chi connectivity index (χ4v) is 7.84.